The van der Waals surface area contributed by atoms with Gasteiger partial charge in [-0.25, -0.2) is 0 Å². The van der Waals surface area contributed by atoms with Crippen LogP contribution in [0.5, 0.6) is 0 Å². The molecular weight excluding hydrogens is 264 g/mol. The minimum atomic E-state index is -0.00890. The van der Waals surface area contributed by atoms with Crippen LogP contribution in [0.3, 0.4) is 0 Å². The van der Waals surface area contributed by atoms with Crippen LogP contribution in [-0.2, 0) is 13.2 Å². The number of hydrogen-bond donors (Lipinski definition) is 2. The second-order valence-corrected chi connectivity index (χ2v) is 7.07. The zero-order valence-electron chi connectivity index (χ0n) is 12.6. The molecule has 0 spiro atoms. The Balaban J connectivity index is 1.37. The van der Waals surface area contributed by atoms with E-state index in [-0.39, 0.29) is 6.61 Å². The largest absolute Gasteiger partial charge is 0.462 e. The number of furan rings is 1. The van der Waals surface area contributed by atoms with E-state index in [4.69, 9.17) is 9.52 Å². The molecule has 2 atom stereocenters. The summed E-state index contributed by atoms with van der Waals surface area (Å²) >= 11 is 0. The molecule has 3 aliphatic rings. The van der Waals surface area contributed by atoms with E-state index in [9.17, 15) is 0 Å². The van der Waals surface area contributed by atoms with Crippen molar-refractivity contribution in [2.75, 3.05) is 13.1 Å². The smallest absolute Gasteiger partial charge is 0.129 e. The van der Waals surface area contributed by atoms with E-state index in [1.807, 2.05) is 12.1 Å². The third-order valence-corrected chi connectivity index (χ3v) is 5.55. The van der Waals surface area contributed by atoms with Gasteiger partial charge in [-0.15, -0.1) is 0 Å². The highest BCUT2D eigenvalue weighted by Crippen LogP contribution is 2.39. The average molecular weight is 290 g/mol. The molecule has 1 aliphatic heterocycles. The Kier molecular flexibility index (Phi) is 3.78. The average Bonchev–Trinajstić information content (AvgIpc) is 3.23. The van der Waals surface area contributed by atoms with Gasteiger partial charge in [0.25, 0.3) is 0 Å². The number of fused-ring (bicyclic) bond motifs is 2. The van der Waals surface area contributed by atoms with E-state index in [2.05, 4.69) is 10.2 Å². The van der Waals surface area contributed by atoms with Gasteiger partial charge >= 0.3 is 0 Å². The van der Waals surface area contributed by atoms with Gasteiger partial charge in [0, 0.05) is 25.2 Å². The van der Waals surface area contributed by atoms with Gasteiger partial charge in [-0.05, 0) is 49.7 Å². The minimum absolute atomic E-state index is 0.00890. The zero-order chi connectivity index (χ0) is 14.2. The SMILES string of the molecule is OCc1ccc(CNC2[C@H]3CCC[C@H]2CN(C2CC2)C3)o1. The van der Waals surface area contributed by atoms with Gasteiger partial charge in [0.2, 0.25) is 0 Å². The monoisotopic (exact) mass is 290 g/mol. The second kappa shape index (κ2) is 5.75. The molecule has 3 fully saturated rings. The Bertz CT molecular complexity index is 469. The summed E-state index contributed by atoms with van der Waals surface area (Å²) in [4.78, 5) is 2.75. The lowest BCUT2D eigenvalue weighted by atomic mass is 9.73. The molecule has 0 amide bonds. The predicted octanol–water partition coefficient (Wildman–Crippen LogP) is 2.12. The van der Waals surface area contributed by atoms with Crippen molar-refractivity contribution in [2.45, 2.75) is 57.3 Å². The molecule has 4 rings (SSSR count). The molecule has 4 heteroatoms. The summed E-state index contributed by atoms with van der Waals surface area (Å²) in [6.07, 6.45) is 7.00. The zero-order valence-corrected chi connectivity index (χ0v) is 12.6. The molecular formula is C17H26N2O2. The molecule has 2 N–H and O–H groups in total. The summed E-state index contributed by atoms with van der Waals surface area (Å²) in [7, 11) is 0. The lowest BCUT2D eigenvalue weighted by Crippen LogP contribution is -2.57. The molecule has 116 valence electrons. The number of aliphatic hydroxyl groups is 1. The highest BCUT2D eigenvalue weighted by atomic mass is 16.4. The third kappa shape index (κ3) is 2.89. The highest BCUT2D eigenvalue weighted by molar-refractivity contribution is 5.07. The van der Waals surface area contributed by atoms with E-state index in [1.165, 1.54) is 45.2 Å². The third-order valence-electron chi connectivity index (χ3n) is 5.55. The van der Waals surface area contributed by atoms with E-state index < -0.39 is 0 Å². The Morgan fingerprint density at radius 3 is 2.43 bits per heavy atom. The van der Waals surface area contributed by atoms with Crippen molar-refractivity contribution in [2.24, 2.45) is 11.8 Å². The standard InChI is InChI=1S/C17H26N2O2/c20-11-16-7-6-15(21-16)8-18-17-12-2-1-3-13(17)10-19(9-12)14-4-5-14/h6-7,12-14,17-18,20H,1-5,8-11H2/t12-,13-/m0/s1. The van der Waals surface area contributed by atoms with Gasteiger partial charge in [-0.3, -0.25) is 4.90 Å². The van der Waals surface area contributed by atoms with E-state index in [0.717, 1.165) is 30.2 Å². The fraction of sp³-hybridized carbons (Fsp3) is 0.765. The fourth-order valence-electron chi connectivity index (χ4n) is 4.36. The molecule has 2 heterocycles. The van der Waals surface area contributed by atoms with Crippen molar-refractivity contribution in [3.8, 4) is 0 Å². The van der Waals surface area contributed by atoms with Gasteiger partial charge in [-0.1, -0.05) is 6.42 Å². The van der Waals surface area contributed by atoms with Crippen molar-refractivity contribution in [3.63, 3.8) is 0 Å². The summed E-state index contributed by atoms with van der Waals surface area (Å²) in [5.41, 5.74) is 0. The molecule has 4 nitrogen and oxygen atoms in total. The van der Waals surface area contributed by atoms with Crippen molar-refractivity contribution in [1.29, 1.82) is 0 Å². The summed E-state index contributed by atoms with van der Waals surface area (Å²) in [6, 6.07) is 5.41. The van der Waals surface area contributed by atoms with Crippen LogP contribution in [0.25, 0.3) is 0 Å². The molecule has 2 aliphatic carbocycles. The summed E-state index contributed by atoms with van der Waals surface area (Å²) in [5, 5.41) is 12.8. The first kappa shape index (κ1) is 13.8. The van der Waals surface area contributed by atoms with Crippen LogP contribution in [0, 0.1) is 11.8 Å². The predicted molar refractivity (Wildman–Crippen MR) is 80.7 cm³/mol. The maximum absolute atomic E-state index is 9.07. The lowest BCUT2D eigenvalue weighted by Gasteiger charge is -2.48. The first-order valence-electron chi connectivity index (χ1n) is 8.49. The van der Waals surface area contributed by atoms with Crippen LogP contribution in [0.4, 0.5) is 0 Å². The van der Waals surface area contributed by atoms with Crippen LogP contribution < -0.4 is 5.32 Å². The first-order chi connectivity index (χ1) is 10.3. The molecule has 0 aromatic carbocycles. The Hall–Kier alpha value is -0.840. The molecule has 2 saturated carbocycles. The van der Waals surface area contributed by atoms with Crippen molar-refractivity contribution in [3.05, 3.63) is 23.7 Å². The van der Waals surface area contributed by atoms with Gasteiger partial charge in [0.1, 0.15) is 18.1 Å². The highest BCUT2D eigenvalue weighted by Gasteiger charge is 2.43. The van der Waals surface area contributed by atoms with E-state index >= 15 is 0 Å². The molecule has 21 heavy (non-hydrogen) atoms. The van der Waals surface area contributed by atoms with E-state index in [0.29, 0.717) is 11.8 Å². The molecule has 0 radical (unpaired) electrons. The van der Waals surface area contributed by atoms with Crippen LogP contribution in [0.2, 0.25) is 0 Å². The van der Waals surface area contributed by atoms with Gasteiger partial charge in [0.05, 0.1) is 6.54 Å². The minimum Gasteiger partial charge on any atom is -0.462 e. The van der Waals surface area contributed by atoms with Gasteiger partial charge in [0.15, 0.2) is 0 Å². The summed E-state index contributed by atoms with van der Waals surface area (Å²) < 4.78 is 5.59. The maximum atomic E-state index is 9.07. The number of nitrogens with one attached hydrogen (secondary N) is 1. The quantitative estimate of drug-likeness (QED) is 0.872. The Labute approximate surface area is 126 Å². The van der Waals surface area contributed by atoms with Crippen LogP contribution in [0.15, 0.2) is 16.5 Å². The number of nitrogens with zero attached hydrogens (tertiary/aromatic N) is 1. The van der Waals surface area contributed by atoms with Gasteiger partial charge in [-0.2, -0.15) is 0 Å². The van der Waals surface area contributed by atoms with Crippen LogP contribution in [-0.4, -0.2) is 35.2 Å². The number of likely N-dealkylation sites (tertiary alicyclic amines) is 1. The Morgan fingerprint density at radius 1 is 1.10 bits per heavy atom. The summed E-state index contributed by atoms with van der Waals surface area (Å²) in [5.74, 6) is 3.23. The van der Waals surface area contributed by atoms with Crippen molar-refractivity contribution < 1.29 is 9.52 Å². The fourth-order valence-corrected chi connectivity index (χ4v) is 4.36. The van der Waals surface area contributed by atoms with Crippen LogP contribution in [0.1, 0.15) is 43.6 Å². The maximum Gasteiger partial charge on any atom is 0.129 e. The number of piperidine rings is 1. The number of rotatable bonds is 5. The van der Waals surface area contributed by atoms with Crippen LogP contribution >= 0.6 is 0 Å². The lowest BCUT2D eigenvalue weighted by molar-refractivity contribution is 0.0404. The molecule has 1 saturated heterocycles. The first-order valence-corrected chi connectivity index (χ1v) is 8.49. The summed E-state index contributed by atoms with van der Waals surface area (Å²) in [6.45, 7) is 3.36. The topological polar surface area (TPSA) is 48.6 Å². The number of hydrogen-bond acceptors (Lipinski definition) is 4. The normalized spacial score (nSPS) is 33.3. The van der Waals surface area contributed by atoms with Crippen molar-refractivity contribution >= 4 is 0 Å². The van der Waals surface area contributed by atoms with E-state index in [1.54, 1.807) is 0 Å². The molecule has 0 unspecified atom stereocenters. The molecule has 1 aromatic heterocycles. The Morgan fingerprint density at radius 2 is 1.81 bits per heavy atom. The van der Waals surface area contributed by atoms with Gasteiger partial charge < -0.3 is 14.8 Å². The molecule has 1 aromatic rings. The van der Waals surface area contributed by atoms with Crippen molar-refractivity contribution in [1.82, 2.24) is 10.2 Å². The number of aliphatic hydroxyl groups excluding tert-OH is 1. The second-order valence-electron chi connectivity index (χ2n) is 7.07. The molecule has 2 bridgehead atoms.